The fourth-order valence-corrected chi connectivity index (χ4v) is 2.46. The second kappa shape index (κ2) is 4.48. The molecule has 1 rings (SSSR count). The Labute approximate surface area is 93.8 Å². The minimum Gasteiger partial charge on any atom is -0.341 e. The second-order valence-corrected chi connectivity index (χ2v) is 5.95. The van der Waals surface area contributed by atoms with Crippen LogP contribution in [0, 0.1) is 5.82 Å². The zero-order valence-electron chi connectivity index (χ0n) is 9.45. The summed E-state index contributed by atoms with van der Waals surface area (Å²) < 4.78 is 25.3. The van der Waals surface area contributed by atoms with E-state index in [0.717, 1.165) is 6.66 Å². The van der Waals surface area contributed by atoms with Crippen molar-refractivity contribution in [2.45, 2.75) is 20.3 Å². The second-order valence-electron chi connectivity index (χ2n) is 3.71. The molecule has 0 heterocycles. The van der Waals surface area contributed by atoms with Crippen LogP contribution in [0.3, 0.4) is 0 Å². The molecule has 0 spiro atoms. The fourth-order valence-electron chi connectivity index (χ4n) is 1.60. The highest BCUT2D eigenvalue weighted by atomic mass is 31.2. The fraction of sp³-hybridized carbons (Fsp3) is 0.364. The quantitative estimate of drug-likeness (QED) is 0.654. The molecule has 5 heteroatoms. The van der Waals surface area contributed by atoms with Gasteiger partial charge in [0.25, 0.3) is 0 Å². The molecule has 0 amide bonds. The summed E-state index contributed by atoms with van der Waals surface area (Å²) in [5.41, 5.74) is 0.485. The number of Topliss-reactive ketones (excluding diaryl/α,β-unsaturated/α-hetero) is 1. The van der Waals surface area contributed by atoms with Gasteiger partial charge in [0.15, 0.2) is 5.78 Å². The van der Waals surface area contributed by atoms with Gasteiger partial charge in [-0.3, -0.25) is 9.36 Å². The lowest BCUT2D eigenvalue weighted by Crippen LogP contribution is -2.15. The molecule has 1 aromatic carbocycles. The van der Waals surface area contributed by atoms with E-state index in [2.05, 4.69) is 0 Å². The number of hydrogen-bond donors (Lipinski definition) is 1. The number of carbonyl (C=O) groups excluding carboxylic acids is 1. The molecule has 1 unspecified atom stereocenters. The molecule has 0 aromatic heterocycles. The summed E-state index contributed by atoms with van der Waals surface area (Å²) >= 11 is 0. The molecule has 3 nitrogen and oxygen atoms in total. The van der Waals surface area contributed by atoms with Gasteiger partial charge < -0.3 is 4.89 Å². The topological polar surface area (TPSA) is 54.4 Å². The maximum absolute atomic E-state index is 13.9. The van der Waals surface area contributed by atoms with Gasteiger partial charge in [0, 0.05) is 12.2 Å². The standard InChI is InChI=1S/C11H14FO3P/c1-4-8-9(7(2)13)5-6-10(11(8)12)16(3,14)15/h5-6H,4H2,1-3H3,(H,14,15). The molecule has 0 aliphatic carbocycles. The van der Waals surface area contributed by atoms with E-state index in [-0.39, 0.29) is 22.2 Å². The van der Waals surface area contributed by atoms with Crippen molar-refractivity contribution in [1.82, 2.24) is 0 Å². The molecular formula is C11H14FO3P. The van der Waals surface area contributed by atoms with Crippen LogP contribution in [-0.4, -0.2) is 17.3 Å². The lowest BCUT2D eigenvalue weighted by atomic mass is 10.0. The Morgan fingerprint density at radius 2 is 2.06 bits per heavy atom. The Morgan fingerprint density at radius 1 is 1.50 bits per heavy atom. The van der Waals surface area contributed by atoms with Crippen molar-refractivity contribution in [3.05, 3.63) is 29.1 Å². The molecule has 0 radical (unpaired) electrons. The van der Waals surface area contributed by atoms with Crippen LogP contribution in [0.15, 0.2) is 12.1 Å². The number of halogens is 1. The number of benzene rings is 1. The Balaban J connectivity index is 3.53. The van der Waals surface area contributed by atoms with E-state index in [1.54, 1.807) is 6.92 Å². The van der Waals surface area contributed by atoms with Crippen LogP contribution in [0.4, 0.5) is 4.39 Å². The normalized spacial score (nSPS) is 14.6. The van der Waals surface area contributed by atoms with Gasteiger partial charge in [0.1, 0.15) is 5.82 Å². The van der Waals surface area contributed by atoms with Gasteiger partial charge in [0.05, 0.1) is 5.30 Å². The lowest BCUT2D eigenvalue weighted by molar-refractivity contribution is 0.101. The zero-order valence-corrected chi connectivity index (χ0v) is 10.3. The van der Waals surface area contributed by atoms with Crippen molar-refractivity contribution >= 4 is 18.5 Å². The number of rotatable bonds is 3. The van der Waals surface area contributed by atoms with Crippen molar-refractivity contribution in [2.75, 3.05) is 6.66 Å². The summed E-state index contributed by atoms with van der Waals surface area (Å²) in [6.45, 7) is 4.13. The summed E-state index contributed by atoms with van der Waals surface area (Å²) in [5, 5.41) is -0.214. The van der Waals surface area contributed by atoms with Gasteiger partial charge in [-0.1, -0.05) is 13.0 Å². The number of hydrogen-bond acceptors (Lipinski definition) is 2. The molecule has 1 aromatic rings. The summed E-state index contributed by atoms with van der Waals surface area (Å²) in [6.07, 6.45) is 0.314. The largest absolute Gasteiger partial charge is 0.341 e. The Kier molecular flexibility index (Phi) is 3.66. The predicted molar refractivity (Wildman–Crippen MR) is 61.2 cm³/mol. The van der Waals surface area contributed by atoms with Gasteiger partial charge in [-0.15, -0.1) is 0 Å². The first-order valence-corrected chi connectivity index (χ1v) is 7.02. The van der Waals surface area contributed by atoms with Gasteiger partial charge in [0.2, 0.25) is 7.37 Å². The average Bonchev–Trinajstić information content (AvgIpc) is 2.14. The van der Waals surface area contributed by atoms with E-state index in [1.807, 2.05) is 0 Å². The van der Waals surface area contributed by atoms with E-state index in [1.165, 1.54) is 19.1 Å². The maximum Gasteiger partial charge on any atom is 0.229 e. The molecule has 0 aliphatic rings. The first-order valence-electron chi connectivity index (χ1n) is 4.92. The van der Waals surface area contributed by atoms with E-state index >= 15 is 0 Å². The molecule has 1 atom stereocenters. The van der Waals surface area contributed by atoms with Crippen molar-refractivity contribution < 1.29 is 18.6 Å². The van der Waals surface area contributed by atoms with Crippen molar-refractivity contribution in [2.24, 2.45) is 0 Å². The third-order valence-electron chi connectivity index (χ3n) is 2.40. The minimum atomic E-state index is -3.63. The highest BCUT2D eigenvalue weighted by Crippen LogP contribution is 2.36. The number of ketones is 1. The van der Waals surface area contributed by atoms with E-state index in [4.69, 9.17) is 0 Å². The molecule has 1 N–H and O–H groups in total. The van der Waals surface area contributed by atoms with Gasteiger partial charge >= 0.3 is 0 Å². The Bertz CT molecular complexity index is 476. The highest BCUT2D eigenvalue weighted by molar-refractivity contribution is 7.65. The minimum absolute atomic E-state index is 0.209. The third-order valence-corrected chi connectivity index (χ3v) is 3.64. The highest BCUT2D eigenvalue weighted by Gasteiger charge is 2.23. The predicted octanol–water partition coefficient (Wildman–Crippen LogP) is 2.12. The molecule has 0 saturated heterocycles. The zero-order chi connectivity index (χ0) is 12.5. The molecular weight excluding hydrogens is 230 g/mol. The summed E-state index contributed by atoms with van der Waals surface area (Å²) in [4.78, 5) is 20.6. The molecule has 0 bridgehead atoms. The van der Waals surface area contributed by atoms with Crippen molar-refractivity contribution in [3.63, 3.8) is 0 Å². The molecule has 16 heavy (non-hydrogen) atoms. The van der Waals surface area contributed by atoms with Crippen LogP contribution in [0.1, 0.15) is 29.8 Å². The average molecular weight is 244 g/mol. The van der Waals surface area contributed by atoms with Crippen LogP contribution in [-0.2, 0) is 11.0 Å². The molecule has 0 saturated carbocycles. The Hall–Kier alpha value is -0.990. The van der Waals surface area contributed by atoms with Crippen molar-refractivity contribution in [3.8, 4) is 0 Å². The smallest absolute Gasteiger partial charge is 0.229 e. The van der Waals surface area contributed by atoms with Crippen LogP contribution in [0.5, 0.6) is 0 Å². The summed E-state index contributed by atoms with van der Waals surface area (Å²) in [7, 11) is -3.63. The lowest BCUT2D eigenvalue weighted by Gasteiger charge is -2.12. The maximum atomic E-state index is 13.9. The summed E-state index contributed by atoms with van der Waals surface area (Å²) in [5.74, 6) is -0.977. The van der Waals surface area contributed by atoms with E-state index in [0.29, 0.717) is 6.42 Å². The molecule has 88 valence electrons. The van der Waals surface area contributed by atoms with Gasteiger partial charge in [-0.2, -0.15) is 0 Å². The first kappa shape index (κ1) is 13.1. The van der Waals surface area contributed by atoms with Crippen molar-refractivity contribution in [1.29, 1.82) is 0 Å². The van der Waals surface area contributed by atoms with Crippen LogP contribution in [0.25, 0.3) is 0 Å². The monoisotopic (exact) mass is 244 g/mol. The summed E-state index contributed by atoms with van der Waals surface area (Å²) in [6, 6.07) is 2.62. The third kappa shape index (κ3) is 2.39. The van der Waals surface area contributed by atoms with E-state index in [9.17, 15) is 18.6 Å². The van der Waals surface area contributed by atoms with Crippen LogP contribution >= 0.6 is 7.37 Å². The van der Waals surface area contributed by atoms with E-state index < -0.39 is 13.2 Å². The van der Waals surface area contributed by atoms with Gasteiger partial charge in [-0.05, 0) is 25.0 Å². The SMILES string of the molecule is CCc1c(C(C)=O)ccc(P(C)(=O)O)c1F. The van der Waals surface area contributed by atoms with Crippen LogP contribution in [0.2, 0.25) is 0 Å². The van der Waals surface area contributed by atoms with Gasteiger partial charge in [-0.25, -0.2) is 4.39 Å². The molecule has 0 aliphatic heterocycles. The first-order chi connectivity index (χ1) is 7.29. The van der Waals surface area contributed by atoms with Crippen LogP contribution < -0.4 is 5.30 Å². The number of carbonyl (C=O) groups is 1. The molecule has 0 fully saturated rings. The Morgan fingerprint density at radius 3 is 2.44 bits per heavy atom.